The molecule has 0 aliphatic heterocycles. The number of rotatable bonds is 8. The molecular weight excluding hydrogens is 450 g/mol. The van der Waals surface area contributed by atoms with Gasteiger partial charge in [-0.1, -0.05) is 73.5 Å². The molecule has 1 saturated carbocycles. The zero-order valence-electron chi connectivity index (χ0n) is 20.7. The zero-order valence-corrected chi connectivity index (χ0v) is 21.5. The van der Waals surface area contributed by atoms with Gasteiger partial charge in [0.25, 0.3) is 0 Å². The predicted octanol–water partition coefficient (Wildman–Crippen LogP) is 5.58. The van der Waals surface area contributed by atoms with Gasteiger partial charge in [-0.2, -0.15) is 0 Å². The fourth-order valence-corrected chi connectivity index (χ4v) is 5.44. The number of esters is 1. The van der Waals surface area contributed by atoms with Crippen LogP contribution in [0.3, 0.4) is 0 Å². The highest BCUT2D eigenvalue weighted by Gasteiger charge is 2.66. The highest BCUT2D eigenvalue weighted by atomic mass is 35.5. The van der Waals surface area contributed by atoms with Crippen molar-refractivity contribution in [3.8, 4) is 0 Å². The summed E-state index contributed by atoms with van der Waals surface area (Å²) < 4.78 is 6.01. The Morgan fingerprint density at radius 1 is 0.882 bits per heavy atom. The Balaban J connectivity index is 0.00000408. The molecular formula is C28H38ClNO4. The maximum Gasteiger partial charge on any atom is 0.315 e. The van der Waals surface area contributed by atoms with Crippen LogP contribution in [-0.4, -0.2) is 28.2 Å². The Bertz CT molecular complexity index is 919. The summed E-state index contributed by atoms with van der Waals surface area (Å²) in [5, 5.41) is 10.5. The van der Waals surface area contributed by atoms with Crippen LogP contribution < -0.4 is 5.73 Å². The third kappa shape index (κ3) is 5.31. The number of benzene rings is 2. The average molecular weight is 488 g/mol. The number of hydrogen-bond donors (Lipinski definition) is 2. The topological polar surface area (TPSA) is 89.6 Å². The highest BCUT2D eigenvalue weighted by molar-refractivity contribution is 5.85. The van der Waals surface area contributed by atoms with E-state index in [2.05, 4.69) is 0 Å². The predicted molar refractivity (Wildman–Crippen MR) is 137 cm³/mol. The molecule has 1 atom stereocenters. The molecule has 0 bridgehead atoms. The van der Waals surface area contributed by atoms with Crippen molar-refractivity contribution in [3.05, 3.63) is 71.8 Å². The summed E-state index contributed by atoms with van der Waals surface area (Å²) in [5.41, 5.74) is 4.42. The second-order valence-electron chi connectivity index (χ2n) is 10.7. The molecule has 0 amide bonds. The summed E-state index contributed by atoms with van der Waals surface area (Å²) >= 11 is 0. The fourth-order valence-electron chi connectivity index (χ4n) is 5.44. The normalized spacial score (nSPS) is 17.3. The van der Waals surface area contributed by atoms with Gasteiger partial charge >= 0.3 is 11.9 Å². The van der Waals surface area contributed by atoms with Crippen LogP contribution in [0.15, 0.2) is 60.7 Å². The maximum absolute atomic E-state index is 14.2. The van der Waals surface area contributed by atoms with E-state index in [1.165, 1.54) is 0 Å². The third-order valence-corrected chi connectivity index (χ3v) is 7.34. The Hall–Kier alpha value is -2.37. The molecule has 0 saturated heterocycles. The first-order chi connectivity index (χ1) is 15.4. The van der Waals surface area contributed by atoms with Crippen LogP contribution >= 0.6 is 12.4 Å². The van der Waals surface area contributed by atoms with Crippen LogP contribution in [0.5, 0.6) is 0 Å². The van der Waals surface area contributed by atoms with Gasteiger partial charge in [-0.25, -0.2) is 0 Å². The number of hydrogen-bond acceptors (Lipinski definition) is 4. The van der Waals surface area contributed by atoms with Crippen LogP contribution in [0.25, 0.3) is 0 Å². The minimum absolute atomic E-state index is 0. The second-order valence-corrected chi connectivity index (χ2v) is 10.7. The van der Waals surface area contributed by atoms with Gasteiger partial charge in [0, 0.05) is 5.54 Å². The van der Waals surface area contributed by atoms with Crippen molar-refractivity contribution in [2.45, 2.75) is 77.4 Å². The molecule has 3 rings (SSSR count). The van der Waals surface area contributed by atoms with E-state index in [-0.39, 0.29) is 12.4 Å². The van der Waals surface area contributed by atoms with Gasteiger partial charge < -0.3 is 15.6 Å². The molecule has 0 aromatic heterocycles. The van der Waals surface area contributed by atoms with Gasteiger partial charge in [-0.15, -0.1) is 12.4 Å². The molecule has 0 heterocycles. The van der Waals surface area contributed by atoms with Crippen molar-refractivity contribution in [2.75, 3.05) is 0 Å². The molecule has 0 radical (unpaired) electrons. The van der Waals surface area contributed by atoms with Crippen molar-refractivity contribution in [3.63, 3.8) is 0 Å². The Kier molecular flexibility index (Phi) is 8.60. The highest BCUT2D eigenvalue weighted by Crippen LogP contribution is 2.55. The first-order valence-electron chi connectivity index (χ1n) is 11.8. The quantitative estimate of drug-likeness (QED) is 0.474. The van der Waals surface area contributed by atoms with Gasteiger partial charge in [0.2, 0.25) is 0 Å². The molecule has 2 aromatic carbocycles. The van der Waals surface area contributed by atoms with Crippen LogP contribution in [0, 0.1) is 10.8 Å². The van der Waals surface area contributed by atoms with E-state index in [9.17, 15) is 14.7 Å². The molecule has 3 N–H and O–H groups in total. The number of nitrogens with two attached hydrogens (primary N) is 1. The molecule has 6 heteroatoms. The van der Waals surface area contributed by atoms with Crippen LogP contribution in [0.2, 0.25) is 0 Å². The summed E-state index contributed by atoms with van der Waals surface area (Å²) in [6.45, 7) is 7.26. The lowest BCUT2D eigenvalue weighted by atomic mass is 9.52. The molecule has 1 aliphatic rings. The fraction of sp³-hybridized carbons (Fsp3) is 0.500. The SMILES string of the molecule is CC(C)(C)OC(=O)C(Cc1ccccc1)(Cc1ccccc1)C(C)(N)C1(C(=O)O)CCCC1.Cl. The van der Waals surface area contributed by atoms with Gasteiger partial charge in [-0.05, 0) is 64.5 Å². The van der Waals surface area contributed by atoms with Crippen molar-refractivity contribution in [2.24, 2.45) is 16.6 Å². The molecule has 1 fully saturated rings. The van der Waals surface area contributed by atoms with E-state index < -0.39 is 33.9 Å². The Morgan fingerprint density at radius 3 is 1.65 bits per heavy atom. The number of carbonyl (C=O) groups excluding carboxylic acids is 1. The minimum atomic E-state index is -1.36. The molecule has 186 valence electrons. The summed E-state index contributed by atoms with van der Waals surface area (Å²) in [7, 11) is 0. The first-order valence-corrected chi connectivity index (χ1v) is 11.8. The summed E-state index contributed by atoms with van der Waals surface area (Å²) in [6, 6.07) is 19.4. The third-order valence-electron chi connectivity index (χ3n) is 7.34. The van der Waals surface area contributed by atoms with Gasteiger partial charge in [-0.3, -0.25) is 9.59 Å². The van der Waals surface area contributed by atoms with E-state index in [0.29, 0.717) is 25.7 Å². The average Bonchev–Trinajstić information content (AvgIpc) is 3.25. The van der Waals surface area contributed by atoms with Crippen LogP contribution in [0.4, 0.5) is 0 Å². The summed E-state index contributed by atoms with van der Waals surface area (Å²) in [4.78, 5) is 27.0. The lowest BCUT2D eigenvalue weighted by Crippen LogP contribution is -2.70. The smallest absolute Gasteiger partial charge is 0.315 e. The number of carboxylic acids is 1. The van der Waals surface area contributed by atoms with Crippen LogP contribution in [0.1, 0.15) is 64.5 Å². The Morgan fingerprint density at radius 2 is 1.29 bits per heavy atom. The number of carbonyl (C=O) groups is 2. The van der Waals surface area contributed by atoms with Crippen molar-refractivity contribution in [1.29, 1.82) is 0 Å². The van der Waals surface area contributed by atoms with Crippen molar-refractivity contribution >= 4 is 24.3 Å². The van der Waals surface area contributed by atoms with Gasteiger partial charge in [0.1, 0.15) is 5.60 Å². The summed E-state index contributed by atoms with van der Waals surface area (Å²) in [5.74, 6) is -1.38. The van der Waals surface area contributed by atoms with Gasteiger partial charge in [0.15, 0.2) is 0 Å². The van der Waals surface area contributed by atoms with E-state index >= 15 is 0 Å². The molecule has 1 unspecified atom stereocenters. The molecule has 34 heavy (non-hydrogen) atoms. The Labute approximate surface area is 209 Å². The lowest BCUT2D eigenvalue weighted by molar-refractivity contribution is -0.181. The van der Waals surface area contributed by atoms with Gasteiger partial charge in [0.05, 0.1) is 10.8 Å². The van der Waals surface area contributed by atoms with Crippen molar-refractivity contribution < 1.29 is 19.4 Å². The largest absolute Gasteiger partial charge is 0.481 e. The maximum atomic E-state index is 14.2. The number of carboxylic acid groups (broad SMARTS) is 1. The number of ether oxygens (including phenoxy) is 1. The number of halogens is 1. The molecule has 2 aromatic rings. The van der Waals surface area contributed by atoms with E-state index in [0.717, 1.165) is 24.0 Å². The monoisotopic (exact) mass is 487 g/mol. The molecule has 0 spiro atoms. The lowest BCUT2D eigenvalue weighted by Gasteiger charge is -2.53. The zero-order chi connectivity index (χ0) is 24.3. The number of aliphatic carboxylic acids is 1. The minimum Gasteiger partial charge on any atom is -0.481 e. The molecule has 5 nitrogen and oxygen atoms in total. The second kappa shape index (κ2) is 10.5. The van der Waals surface area contributed by atoms with E-state index in [1.54, 1.807) is 6.92 Å². The molecule has 1 aliphatic carbocycles. The van der Waals surface area contributed by atoms with E-state index in [4.69, 9.17) is 10.5 Å². The van der Waals surface area contributed by atoms with Crippen molar-refractivity contribution in [1.82, 2.24) is 0 Å². The first kappa shape index (κ1) is 27.9. The summed E-state index contributed by atoms with van der Waals surface area (Å²) in [6.07, 6.45) is 3.03. The standard InChI is InChI=1S/C28H37NO4.ClH/c1-25(2,3)33-24(32)28(19-21-13-7-5-8-14-21,20-22-15-9-6-10-16-22)26(4,29)27(23(30)31)17-11-12-18-27;/h5-10,13-16H,11-12,17-20,29H2,1-4H3,(H,30,31);1H. The van der Waals surface area contributed by atoms with E-state index in [1.807, 2.05) is 81.4 Å². The van der Waals surface area contributed by atoms with Crippen LogP contribution in [-0.2, 0) is 27.2 Å².